The summed E-state index contributed by atoms with van der Waals surface area (Å²) in [6.07, 6.45) is 2.26. The lowest BCUT2D eigenvalue weighted by atomic mass is 9.67. The molecular weight excluding hydrogens is 264 g/mol. The molecule has 6 heteroatoms. The second kappa shape index (κ2) is 5.07. The van der Waals surface area contributed by atoms with Gasteiger partial charge in [-0.2, -0.15) is 0 Å². The zero-order chi connectivity index (χ0) is 14.3. The van der Waals surface area contributed by atoms with Crippen molar-refractivity contribution in [3.8, 4) is 0 Å². The van der Waals surface area contributed by atoms with Crippen LogP contribution in [0.1, 0.15) is 38.5 Å². The molecule has 0 spiro atoms. The van der Waals surface area contributed by atoms with Gasteiger partial charge in [0.05, 0.1) is 18.8 Å². The van der Waals surface area contributed by atoms with Crippen LogP contribution in [0.25, 0.3) is 0 Å². The van der Waals surface area contributed by atoms with Gasteiger partial charge in [0.1, 0.15) is 12.2 Å². The van der Waals surface area contributed by atoms with Crippen LogP contribution in [-0.2, 0) is 23.9 Å². The van der Waals surface area contributed by atoms with Crippen LogP contribution >= 0.6 is 0 Å². The lowest BCUT2D eigenvalue weighted by Gasteiger charge is -2.41. The third-order valence-corrected chi connectivity index (χ3v) is 4.65. The van der Waals surface area contributed by atoms with E-state index in [2.05, 4.69) is 0 Å². The highest BCUT2D eigenvalue weighted by molar-refractivity contribution is 5.77. The topological polar surface area (TPSA) is 89.9 Å². The van der Waals surface area contributed by atoms with Gasteiger partial charge in [0.25, 0.3) is 0 Å². The summed E-state index contributed by atoms with van der Waals surface area (Å²) in [6.45, 7) is 0. The molecule has 4 aliphatic rings. The zero-order valence-electron chi connectivity index (χ0n) is 11.1. The summed E-state index contributed by atoms with van der Waals surface area (Å²) in [5, 5.41) is 8.57. The molecular formula is C14H18O6. The maximum absolute atomic E-state index is 11.9. The lowest BCUT2D eigenvalue weighted by Crippen LogP contribution is -2.45. The molecule has 4 fully saturated rings. The summed E-state index contributed by atoms with van der Waals surface area (Å²) in [4.78, 5) is 34.0. The minimum Gasteiger partial charge on any atom is -0.481 e. The molecule has 4 bridgehead atoms. The minimum absolute atomic E-state index is 0.0496. The van der Waals surface area contributed by atoms with Crippen LogP contribution in [0.15, 0.2) is 0 Å². The standard InChI is InChI=1S/C14H18O6/c15-11(16)1-2-12(17)20-13-8-3-7-4-9(6-8)14(18)19-10(13)5-7/h7-10,13H,1-6H2,(H,15,16). The Kier molecular flexibility index (Phi) is 3.40. The highest BCUT2D eigenvalue weighted by atomic mass is 16.6. The van der Waals surface area contributed by atoms with Crippen molar-refractivity contribution < 1.29 is 29.0 Å². The third-order valence-electron chi connectivity index (χ3n) is 4.65. The fourth-order valence-corrected chi connectivity index (χ4v) is 3.86. The molecule has 6 nitrogen and oxygen atoms in total. The number of carboxylic acid groups (broad SMARTS) is 1. The van der Waals surface area contributed by atoms with Gasteiger partial charge in [0.15, 0.2) is 0 Å². The Labute approximate surface area is 116 Å². The van der Waals surface area contributed by atoms with E-state index in [-0.39, 0.29) is 42.9 Å². The van der Waals surface area contributed by atoms with Crippen molar-refractivity contribution in [2.24, 2.45) is 17.8 Å². The van der Waals surface area contributed by atoms with Crippen molar-refractivity contribution in [3.05, 3.63) is 0 Å². The maximum Gasteiger partial charge on any atom is 0.309 e. The molecule has 0 aromatic rings. The highest BCUT2D eigenvalue weighted by Crippen LogP contribution is 2.48. The van der Waals surface area contributed by atoms with Gasteiger partial charge in [0, 0.05) is 5.92 Å². The predicted molar refractivity (Wildman–Crippen MR) is 65.6 cm³/mol. The highest BCUT2D eigenvalue weighted by Gasteiger charge is 2.51. The maximum atomic E-state index is 11.9. The first kappa shape index (κ1) is 13.4. The molecule has 2 heterocycles. The van der Waals surface area contributed by atoms with E-state index in [4.69, 9.17) is 14.6 Å². The summed E-state index contributed by atoms with van der Waals surface area (Å²) >= 11 is 0. The second-order valence-corrected chi connectivity index (χ2v) is 6.09. The van der Waals surface area contributed by atoms with Crippen LogP contribution in [0.2, 0.25) is 0 Å². The SMILES string of the molecule is O=C(O)CCC(=O)OC1C2CC3CC(C2)C(=O)OC1C3. The Morgan fingerprint density at radius 3 is 2.75 bits per heavy atom. The summed E-state index contributed by atoms with van der Waals surface area (Å²) in [7, 11) is 0. The van der Waals surface area contributed by atoms with Gasteiger partial charge in [-0.1, -0.05) is 0 Å². The largest absolute Gasteiger partial charge is 0.481 e. The van der Waals surface area contributed by atoms with Crippen molar-refractivity contribution >= 4 is 17.9 Å². The summed E-state index contributed by atoms with van der Waals surface area (Å²) in [6, 6.07) is 0. The van der Waals surface area contributed by atoms with Crippen molar-refractivity contribution in [1.29, 1.82) is 0 Å². The van der Waals surface area contributed by atoms with E-state index >= 15 is 0 Å². The average molecular weight is 282 g/mol. The van der Waals surface area contributed by atoms with Gasteiger partial charge in [-0.25, -0.2) is 0 Å². The summed E-state index contributed by atoms with van der Waals surface area (Å²) in [5.74, 6) is -1.07. The average Bonchev–Trinajstić information content (AvgIpc) is 2.54. The summed E-state index contributed by atoms with van der Waals surface area (Å²) < 4.78 is 10.9. The van der Waals surface area contributed by atoms with Crippen LogP contribution in [0.3, 0.4) is 0 Å². The number of hydrogen-bond donors (Lipinski definition) is 1. The van der Waals surface area contributed by atoms with Crippen molar-refractivity contribution in [1.82, 2.24) is 0 Å². The molecule has 2 saturated heterocycles. The number of ether oxygens (including phenoxy) is 2. The van der Waals surface area contributed by atoms with E-state index in [0.29, 0.717) is 5.92 Å². The van der Waals surface area contributed by atoms with Crippen molar-refractivity contribution in [3.63, 3.8) is 0 Å². The molecule has 0 aromatic heterocycles. The lowest BCUT2D eigenvalue weighted by molar-refractivity contribution is -0.173. The fraction of sp³-hybridized carbons (Fsp3) is 0.786. The Hall–Kier alpha value is -1.59. The van der Waals surface area contributed by atoms with Gasteiger partial charge in [-0.3, -0.25) is 14.4 Å². The summed E-state index contributed by atoms with van der Waals surface area (Å²) in [5.41, 5.74) is 0. The van der Waals surface area contributed by atoms with Crippen LogP contribution in [0.5, 0.6) is 0 Å². The molecule has 2 saturated carbocycles. The Bertz CT molecular complexity index is 445. The molecule has 5 unspecified atom stereocenters. The minimum atomic E-state index is -1.02. The Morgan fingerprint density at radius 1 is 1.20 bits per heavy atom. The molecule has 0 amide bonds. The molecule has 2 aliphatic carbocycles. The predicted octanol–water partition coefficient (Wildman–Crippen LogP) is 1.12. The molecule has 20 heavy (non-hydrogen) atoms. The van der Waals surface area contributed by atoms with Crippen LogP contribution in [-0.4, -0.2) is 35.2 Å². The third kappa shape index (κ3) is 2.51. The molecule has 0 aromatic carbocycles. The zero-order valence-corrected chi connectivity index (χ0v) is 11.1. The van der Waals surface area contributed by atoms with Crippen LogP contribution in [0, 0.1) is 17.8 Å². The first-order chi connectivity index (χ1) is 9.52. The van der Waals surface area contributed by atoms with E-state index in [1.54, 1.807) is 0 Å². The molecule has 1 N–H and O–H groups in total. The van der Waals surface area contributed by atoms with Crippen LogP contribution in [0.4, 0.5) is 0 Å². The number of carbonyl (C=O) groups excluding carboxylic acids is 2. The van der Waals surface area contributed by atoms with Gasteiger partial charge < -0.3 is 14.6 Å². The number of fused-ring (bicyclic) bond motifs is 1. The van der Waals surface area contributed by atoms with Gasteiger partial charge in [-0.15, -0.1) is 0 Å². The number of rotatable bonds is 4. The number of aliphatic carboxylic acids is 1. The number of carbonyl (C=O) groups is 3. The number of esters is 2. The van der Waals surface area contributed by atoms with E-state index in [1.807, 2.05) is 0 Å². The van der Waals surface area contributed by atoms with Gasteiger partial charge >= 0.3 is 17.9 Å². The van der Waals surface area contributed by atoms with Crippen molar-refractivity contribution in [2.75, 3.05) is 0 Å². The molecule has 2 aliphatic heterocycles. The first-order valence-corrected chi connectivity index (χ1v) is 7.14. The van der Waals surface area contributed by atoms with E-state index in [0.717, 1.165) is 25.7 Å². The van der Waals surface area contributed by atoms with E-state index in [1.165, 1.54) is 0 Å². The van der Waals surface area contributed by atoms with Gasteiger partial charge in [-0.05, 0) is 31.6 Å². The quantitative estimate of drug-likeness (QED) is 0.777. The van der Waals surface area contributed by atoms with Gasteiger partial charge in [0.2, 0.25) is 0 Å². The number of hydrogen-bond acceptors (Lipinski definition) is 5. The molecule has 5 atom stereocenters. The number of carboxylic acids is 1. The Morgan fingerprint density at radius 2 is 2.00 bits per heavy atom. The van der Waals surface area contributed by atoms with E-state index in [9.17, 15) is 14.4 Å². The monoisotopic (exact) mass is 282 g/mol. The second-order valence-electron chi connectivity index (χ2n) is 6.09. The molecule has 110 valence electrons. The van der Waals surface area contributed by atoms with Crippen molar-refractivity contribution in [2.45, 2.75) is 50.7 Å². The molecule has 0 radical (unpaired) electrons. The Balaban J connectivity index is 1.66. The van der Waals surface area contributed by atoms with E-state index < -0.39 is 11.9 Å². The fourth-order valence-electron chi connectivity index (χ4n) is 3.86. The normalized spacial score (nSPS) is 38.2. The first-order valence-electron chi connectivity index (χ1n) is 7.14. The van der Waals surface area contributed by atoms with Crippen LogP contribution < -0.4 is 0 Å². The molecule has 4 rings (SSSR count). The smallest absolute Gasteiger partial charge is 0.309 e.